The van der Waals surface area contributed by atoms with Gasteiger partial charge in [0, 0.05) is 24.8 Å². The van der Waals surface area contributed by atoms with Gasteiger partial charge in [-0.2, -0.15) is 13.2 Å². The molecule has 1 aliphatic heterocycles. The van der Waals surface area contributed by atoms with Gasteiger partial charge < -0.3 is 10.6 Å². The zero-order valence-corrected chi connectivity index (χ0v) is 11.2. The topological polar surface area (TPSA) is 50.5 Å². The first-order valence-electron chi connectivity index (χ1n) is 6.42. The van der Waals surface area contributed by atoms with Crippen LogP contribution in [0.3, 0.4) is 0 Å². The highest BCUT2D eigenvalue weighted by atomic mass is 19.4. The molecular formula is C13H18F3N3O. The number of hydrogen-bond donors (Lipinski definition) is 2. The molecule has 1 fully saturated rings. The summed E-state index contributed by atoms with van der Waals surface area (Å²) in [6, 6.07) is 4.34. The Balaban J connectivity index is 2.27. The van der Waals surface area contributed by atoms with Gasteiger partial charge in [0.05, 0.1) is 18.4 Å². The predicted octanol–water partition coefficient (Wildman–Crippen LogP) is 2.61. The first-order chi connectivity index (χ1) is 9.41. The van der Waals surface area contributed by atoms with Crippen LogP contribution in [0.1, 0.15) is 18.4 Å². The van der Waals surface area contributed by atoms with Crippen molar-refractivity contribution in [2.45, 2.75) is 25.1 Å². The highest BCUT2D eigenvalue weighted by molar-refractivity contribution is 5.61. The quantitative estimate of drug-likeness (QED) is 0.840. The summed E-state index contributed by atoms with van der Waals surface area (Å²) >= 11 is 0. The largest absolute Gasteiger partial charge is 0.418 e. The number of halogens is 3. The summed E-state index contributed by atoms with van der Waals surface area (Å²) in [5.74, 6) is 0. The lowest BCUT2D eigenvalue weighted by atomic mass is 10.0. The Morgan fingerprint density at radius 3 is 2.50 bits per heavy atom. The summed E-state index contributed by atoms with van der Waals surface area (Å²) in [6.07, 6.45) is -2.85. The minimum absolute atomic E-state index is 0.0857. The standard InChI is InChI=1S/C13H18F3N3O/c1-20-18-12-3-2-10(8-11(12)13(14,15)16)19-6-4-9(17)5-7-19/h2-3,8-9,18H,4-7,17H2,1H3. The minimum atomic E-state index is -4.43. The maximum Gasteiger partial charge on any atom is 0.418 e. The molecule has 0 radical (unpaired) electrons. The van der Waals surface area contributed by atoms with Gasteiger partial charge in [0.25, 0.3) is 0 Å². The van der Waals surface area contributed by atoms with Crippen molar-refractivity contribution in [1.29, 1.82) is 0 Å². The van der Waals surface area contributed by atoms with Gasteiger partial charge in [-0.25, -0.2) is 0 Å². The average molecular weight is 289 g/mol. The van der Waals surface area contributed by atoms with E-state index in [1.807, 2.05) is 4.90 Å². The van der Waals surface area contributed by atoms with E-state index in [0.29, 0.717) is 18.8 Å². The van der Waals surface area contributed by atoms with Crippen LogP contribution >= 0.6 is 0 Å². The Morgan fingerprint density at radius 2 is 1.95 bits per heavy atom. The van der Waals surface area contributed by atoms with E-state index in [0.717, 1.165) is 18.9 Å². The van der Waals surface area contributed by atoms with Gasteiger partial charge >= 0.3 is 6.18 Å². The number of nitrogens with zero attached hydrogens (tertiary/aromatic N) is 1. The van der Waals surface area contributed by atoms with E-state index in [9.17, 15) is 13.2 Å². The Morgan fingerprint density at radius 1 is 1.30 bits per heavy atom. The van der Waals surface area contributed by atoms with Gasteiger partial charge in [0.1, 0.15) is 0 Å². The number of nitrogens with two attached hydrogens (primary N) is 1. The van der Waals surface area contributed by atoms with Crippen molar-refractivity contribution < 1.29 is 18.0 Å². The van der Waals surface area contributed by atoms with E-state index in [1.54, 1.807) is 6.07 Å². The van der Waals surface area contributed by atoms with Crippen molar-refractivity contribution in [3.8, 4) is 0 Å². The molecule has 4 nitrogen and oxygen atoms in total. The van der Waals surface area contributed by atoms with Gasteiger partial charge in [-0.05, 0) is 31.0 Å². The fourth-order valence-electron chi connectivity index (χ4n) is 2.32. The first kappa shape index (κ1) is 14.9. The van der Waals surface area contributed by atoms with E-state index in [-0.39, 0.29) is 11.7 Å². The number of anilines is 2. The molecule has 0 aliphatic carbocycles. The van der Waals surface area contributed by atoms with E-state index in [1.165, 1.54) is 13.2 Å². The zero-order chi connectivity index (χ0) is 14.8. The molecule has 1 heterocycles. The fourth-order valence-corrected chi connectivity index (χ4v) is 2.32. The number of piperidine rings is 1. The molecule has 1 aromatic rings. The van der Waals surface area contributed by atoms with Gasteiger partial charge in [-0.3, -0.25) is 10.3 Å². The molecule has 0 bridgehead atoms. The lowest BCUT2D eigenvalue weighted by Gasteiger charge is -2.32. The Labute approximate surface area is 115 Å². The number of nitrogens with one attached hydrogen (secondary N) is 1. The molecule has 2 rings (SSSR count). The maximum atomic E-state index is 13.0. The predicted molar refractivity (Wildman–Crippen MR) is 71.5 cm³/mol. The third-order valence-corrected chi connectivity index (χ3v) is 3.43. The third-order valence-electron chi connectivity index (χ3n) is 3.43. The molecule has 1 aliphatic rings. The van der Waals surface area contributed by atoms with Crippen LogP contribution in [0.4, 0.5) is 24.5 Å². The molecule has 0 atom stereocenters. The van der Waals surface area contributed by atoms with E-state index in [2.05, 4.69) is 10.3 Å². The number of hydrogen-bond acceptors (Lipinski definition) is 4. The molecule has 7 heteroatoms. The summed E-state index contributed by atoms with van der Waals surface area (Å²) in [6.45, 7) is 1.35. The molecule has 20 heavy (non-hydrogen) atoms. The van der Waals surface area contributed by atoms with Crippen LogP contribution in [-0.4, -0.2) is 26.2 Å². The van der Waals surface area contributed by atoms with Gasteiger partial charge in [-0.15, -0.1) is 0 Å². The third kappa shape index (κ3) is 3.34. The molecule has 0 spiro atoms. The maximum absolute atomic E-state index is 13.0. The fraction of sp³-hybridized carbons (Fsp3) is 0.538. The van der Waals surface area contributed by atoms with Crippen LogP contribution < -0.4 is 16.1 Å². The van der Waals surface area contributed by atoms with Crippen molar-refractivity contribution >= 4 is 11.4 Å². The smallest absolute Gasteiger partial charge is 0.371 e. The van der Waals surface area contributed by atoms with Crippen LogP contribution in [0.2, 0.25) is 0 Å². The molecule has 1 saturated heterocycles. The lowest BCUT2D eigenvalue weighted by molar-refractivity contribution is -0.137. The molecule has 0 amide bonds. The van der Waals surface area contributed by atoms with E-state index in [4.69, 9.17) is 5.73 Å². The second-order valence-electron chi connectivity index (χ2n) is 4.86. The van der Waals surface area contributed by atoms with E-state index < -0.39 is 11.7 Å². The van der Waals surface area contributed by atoms with Crippen molar-refractivity contribution in [3.63, 3.8) is 0 Å². The second kappa shape index (κ2) is 5.88. The van der Waals surface area contributed by atoms with Crippen LogP contribution in [0.15, 0.2) is 18.2 Å². The van der Waals surface area contributed by atoms with Crippen LogP contribution in [0.25, 0.3) is 0 Å². The molecule has 1 aromatic carbocycles. The lowest BCUT2D eigenvalue weighted by Crippen LogP contribution is -2.39. The van der Waals surface area contributed by atoms with Gasteiger partial charge in [0.15, 0.2) is 0 Å². The monoisotopic (exact) mass is 289 g/mol. The summed E-state index contributed by atoms with van der Waals surface area (Å²) in [7, 11) is 1.28. The van der Waals surface area contributed by atoms with Crippen LogP contribution in [0, 0.1) is 0 Å². The van der Waals surface area contributed by atoms with Gasteiger partial charge in [-0.1, -0.05) is 0 Å². The Hall–Kier alpha value is -1.47. The highest BCUT2D eigenvalue weighted by Gasteiger charge is 2.34. The first-order valence-corrected chi connectivity index (χ1v) is 6.42. The summed E-state index contributed by atoms with van der Waals surface area (Å²) in [5, 5.41) is 0. The van der Waals surface area contributed by atoms with Crippen molar-refractivity contribution in [1.82, 2.24) is 0 Å². The molecule has 0 aromatic heterocycles. The molecule has 3 N–H and O–H groups in total. The Bertz CT molecular complexity index is 457. The second-order valence-corrected chi connectivity index (χ2v) is 4.86. The SMILES string of the molecule is CONc1ccc(N2CCC(N)CC2)cc1C(F)(F)F. The summed E-state index contributed by atoms with van der Waals surface area (Å²) in [4.78, 5) is 6.51. The molecule has 0 saturated carbocycles. The highest BCUT2D eigenvalue weighted by Crippen LogP contribution is 2.37. The zero-order valence-electron chi connectivity index (χ0n) is 11.2. The van der Waals surface area contributed by atoms with Crippen molar-refractivity contribution in [3.05, 3.63) is 23.8 Å². The normalized spacial score (nSPS) is 17.4. The number of rotatable bonds is 3. The average Bonchev–Trinajstić information content (AvgIpc) is 2.39. The molecule has 0 unspecified atom stereocenters. The minimum Gasteiger partial charge on any atom is -0.371 e. The summed E-state index contributed by atoms with van der Waals surface area (Å²) in [5.41, 5.74) is 7.81. The molecule has 112 valence electrons. The van der Waals surface area contributed by atoms with E-state index >= 15 is 0 Å². The Kier molecular flexibility index (Phi) is 4.39. The van der Waals surface area contributed by atoms with Crippen LogP contribution in [0.5, 0.6) is 0 Å². The number of alkyl halides is 3. The van der Waals surface area contributed by atoms with Crippen molar-refractivity contribution in [2.75, 3.05) is 30.6 Å². The van der Waals surface area contributed by atoms with Crippen molar-refractivity contribution in [2.24, 2.45) is 5.73 Å². The van der Waals surface area contributed by atoms with Crippen LogP contribution in [-0.2, 0) is 11.0 Å². The number of benzene rings is 1. The summed E-state index contributed by atoms with van der Waals surface area (Å²) < 4.78 is 39.1. The van der Waals surface area contributed by atoms with Gasteiger partial charge in [0.2, 0.25) is 0 Å². The molecular weight excluding hydrogens is 271 g/mol.